The van der Waals surface area contributed by atoms with Crippen molar-refractivity contribution < 1.29 is 14.5 Å². The lowest BCUT2D eigenvalue weighted by Gasteiger charge is -2.26. The predicted molar refractivity (Wildman–Crippen MR) is 99.7 cm³/mol. The van der Waals surface area contributed by atoms with Gasteiger partial charge in [0.05, 0.1) is 0 Å². The molecule has 0 bridgehead atoms. The van der Waals surface area contributed by atoms with Crippen LogP contribution in [0.15, 0.2) is 54.6 Å². The maximum atomic E-state index is 12.3. The minimum absolute atomic E-state index is 0.387. The van der Waals surface area contributed by atoms with Gasteiger partial charge in [0.1, 0.15) is 11.6 Å². The second-order valence-electron chi connectivity index (χ2n) is 6.82. The molecule has 2 rings (SSSR count). The molecule has 2 atom stereocenters. The van der Waals surface area contributed by atoms with E-state index in [-0.39, 0.29) is 0 Å². The Kier molecular flexibility index (Phi) is 6.21. The number of ether oxygens (including phenoxy) is 1. The SMILES string of the molecule is CC(C)(C)OC(=O)N[C@H](c1ccccc1)[C@H](c1cccc(Cl)c1)[N+](=O)[O-]. The molecule has 0 aromatic heterocycles. The fourth-order valence-electron chi connectivity index (χ4n) is 2.57. The molecule has 0 saturated heterocycles. The molecular weight excluding hydrogens is 356 g/mol. The third-order valence-electron chi connectivity index (χ3n) is 3.56. The van der Waals surface area contributed by atoms with E-state index >= 15 is 0 Å². The van der Waals surface area contributed by atoms with Gasteiger partial charge in [-0.05, 0) is 38.5 Å². The van der Waals surface area contributed by atoms with Crippen LogP contribution in [0.25, 0.3) is 0 Å². The minimum atomic E-state index is -1.22. The summed E-state index contributed by atoms with van der Waals surface area (Å²) in [7, 11) is 0. The molecule has 26 heavy (non-hydrogen) atoms. The van der Waals surface area contributed by atoms with Crippen LogP contribution in [0.2, 0.25) is 5.02 Å². The topological polar surface area (TPSA) is 81.5 Å². The Balaban J connectivity index is 2.43. The van der Waals surface area contributed by atoms with Gasteiger partial charge in [-0.3, -0.25) is 10.1 Å². The van der Waals surface area contributed by atoms with Gasteiger partial charge in [-0.1, -0.05) is 54.1 Å². The Morgan fingerprint density at radius 1 is 1.12 bits per heavy atom. The molecular formula is C19H21ClN2O4. The number of alkyl carbamates (subject to hydrolysis) is 1. The van der Waals surface area contributed by atoms with Crippen LogP contribution in [0.4, 0.5) is 4.79 Å². The van der Waals surface area contributed by atoms with E-state index in [0.717, 1.165) is 0 Å². The van der Waals surface area contributed by atoms with E-state index < -0.39 is 28.7 Å². The molecule has 0 fully saturated rings. The van der Waals surface area contributed by atoms with Crippen LogP contribution in [-0.4, -0.2) is 16.6 Å². The predicted octanol–water partition coefficient (Wildman–Crippen LogP) is 4.92. The standard InChI is InChI=1S/C19H21ClN2O4/c1-19(2,3)26-18(23)21-16(13-8-5-4-6-9-13)17(22(24)25)14-10-7-11-15(20)12-14/h4-12,16-17H,1-3H3,(H,21,23)/t16-,17+/m1/s1. The number of hydrogen-bond acceptors (Lipinski definition) is 4. The molecule has 6 nitrogen and oxygen atoms in total. The van der Waals surface area contributed by atoms with Crippen LogP contribution in [0.5, 0.6) is 0 Å². The van der Waals surface area contributed by atoms with E-state index in [9.17, 15) is 14.9 Å². The average Bonchev–Trinajstić information content (AvgIpc) is 2.53. The largest absolute Gasteiger partial charge is 0.444 e. The van der Waals surface area contributed by atoms with Gasteiger partial charge in [0, 0.05) is 15.5 Å². The summed E-state index contributed by atoms with van der Waals surface area (Å²) >= 11 is 6.00. The van der Waals surface area contributed by atoms with Gasteiger partial charge >= 0.3 is 6.09 Å². The van der Waals surface area contributed by atoms with Crippen molar-refractivity contribution >= 4 is 17.7 Å². The van der Waals surface area contributed by atoms with E-state index in [2.05, 4.69) is 5.32 Å². The Hall–Kier alpha value is -2.60. The maximum Gasteiger partial charge on any atom is 0.408 e. The summed E-state index contributed by atoms with van der Waals surface area (Å²) in [5.74, 6) is 0. The summed E-state index contributed by atoms with van der Waals surface area (Å²) in [6.07, 6.45) is -0.722. The monoisotopic (exact) mass is 376 g/mol. The summed E-state index contributed by atoms with van der Waals surface area (Å²) in [5, 5.41) is 14.9. The highest BCUT2D eigenvalue weighted by Gasteiger charge is 2.37. The first kappa shape index (κ1) is 19.7. The summed E-state index contributed by atoms with van der Waals surface area (Å²) in [6.45, 7) is 5.18. The molecule has 2 aromatic rings. The number of carbonyl (C=O) groups is 1. The van der Waals surface area contributed by atoms with Crippen molar-refractivity contribution in [2.45, 2.75) is 38.5 Å². The van der Waals surface area contributed by atoms with Crippen molar-refractivity contribution in [1.82, 2.24) is 5.32 Å². The van der Waals surface area contributed by atoms with E-state index in [4.69, 9.17) is 16.3 Å². The fourth-order valence-corrected chi connectivity index (χ4v) is 2.76. The smallest absolute Gasteiger partial charge is 0.408 e. The highest BCUT2D eigenvalue weighted by atomic mass is 35.5. The number of nitro groups is 1. The van der Waals surface area contributed by atoms with E-state index in [1.165, 1.54) is 6.07 Å². The molecule has 138 valence electrons. The second kappa shape index (κ2) is 8.19. The molecule has 1 N–H and O–H groups in total. The molecule has 7 heteroatoms. The number of nitrogens with zero attached hydrogens (tertiary/aromatic N) is 1. The van der Waals surface area contributed by atoms with Gasteiger partial charge in [0.15, 0.2) is 0 Å². The molecule has 0 aliphatic carbocycles. The number of amides is 1. The zero-order valence-electron chi connectivity index (χ0n) is 14.8. The maximum absolute atomic E-state index is 12.3. The van der Waals surface area contributed by atoms with Crippen molar-refractivity contribution in [1.29, 1.82) is 0 Å². The van der Waals surface area contributed by atoms with Gasteiger partial charge in [0.2, 0.25) is 0 Å². The van der Waals surface area contributed by atoms with Crippen molar-refractivity contribution in [2.24, 2.45) is 0 Å². The lowest BCUT2D eigenvalue weighted by Crippen LogP contribution is -2.39. The van der Waals surface area contributed by atoms with Gasteiger partial charge in [0.25, 0.3) is 6.04 Å². The number of carbonyl (C=O) groups excluding carboxylic acids is 1. The van der Waals surface area contributed by atoms with Crippen LogP contribution in [-0.2, 0) is 4.74 Å². The number of hydrogen-bond donors (Lipinski definition) is 1. The molecule has 0 saturated carbocycles. The van der Waals surface area contributed by atoms with Crippen molar-refractivity contribution in [3.8, 4) is 0 Å². The molecule has 1 amide bonds. The van der Waals surface area contributed by atoms with Crippen LogP contribution in [0.3, 0.4) is 0 Å². The Morgan fingerprint density at radius 2 is 1.73 bits per heavy atom. The lowest BCUT2D eigenvalue weighted by molar-refractivity contribution is -0.534. The summed E-state index contributed by atoms with van der Waals surface area (Å²) in [4.78, 5) is 23.7. The Bertz CT molecular complexity index is 775. The van der Waals surface area contributed by atoms with E-state index in [0.29, 0.717) is 16.1 Å². The first-order chi connectivity index (χ1) is 12.2. The van der Waals surface area contributed by atoms with Crippen LogP contribution >= 0.6 is 11.6 Å². The molecule has 0 aliphatic heterocycles. The quantitative estimate of drug-likeness (QED) is 0.592. The highest BCUT2D eigenvalue weighted by molar-refractivity contribution is 6.30. The Labute approximate surface area is 157 Å². The first-order valence-corrected chi connectivity index (χ1v) is 8.48. The van der Waals surface area contributed by atoms with Crippen molar-refractivity contribution in [3.05, 3.63) is 80.9 Å². The zero-order valence-corrected chi connectivity index (χ0v) is 15.6. The molecule has 2 aromatic carbocycles. The van der Waals surface area contributed by atoms with Crippen LogP contribution in [0, 0.1) is 10.1 Å². The molecule has 0 unspecified atom stereocenters. The van der Waals surface area contributed by atoms with Gasteiger partial charge < -0.3 is 10.1 Å². The van der Waals surface area contributed by atoms with E-state index in [1.54, 1.807) is 69.3 Å². The van der Waals surface area contributed by atoms with Crippen molar-refractivity contribution in [2.75, 3.05) is 0 Å². The zero-order chi connectivity index (χ0) is 19.3. The summed E-state index contributed by atoms with van der Waals surface area (Å²) in [6, 6.07) is 13.1. The summed E-state index contributed by atoms with van der Waals surface area (Å²) < 4.78 is 5.28. The third-order valence-corrected chi connectivity index (χ3v) is 3.80. The normalized spacial score (nSPS) is 13.5. The van der Waals surface area contributed by atoms with E-state index in [1.807, 2.05) is 0 Å². The fraction of sp³-hybridized carbons (Fsp3) is 0.316. The summed E-state index contributed by atoms with van der Waals surface area (Å²) in [5.41, 5.74) is 0.276. The van der Waals surface area contributed by atoms with Crippen molar-refractivity contribution in [3.63, 3.8) is 0 Å². The molecule has 0 radical (unpaired) electrons. The van der Waals surface area contributed by atoms with Crippen LogP contribution < -0.4 is 5.32 Å². The molecule has 0 aliphatic rings. The van der Waals surface area contributed by atoms with Gasteiger partial charge in [-0.15, -0.1) is 0 Å². The van der Waals surface area contributed by atoms with Gasteiger partial charge in [-0.2, -0.15) is 0 Å². The highest BCUT2D eigenvalue weighted by Crippen LogP contribution is 2.33. The number of benzene rings is 2. The van der Waals surface area contributed by atoms with Crippen LogP contribution in [0.1, 0.15) is 44.0 Å². The minimum Gasteiger partial charge on any atom is -0.444 e. The van der Waals surface area contributed by atoms with Gasteiger partial charge in [-0.25, -0.2) is 4.79 Å². The number of nitrogens with one attached hydrogen (secondary N) is 1. The third kappa shape index (κ3) is 5.46. The number of rotatable bonds is 5. The molecule has 0 heterocycles. The lowest BCUT2D eigenvalue weighted by atomic mass is 9.94. The Morgan fingerprint density at radius 3 is 2.27 bits per heavy atom. The second-order valence-corrected chi connectivity index (χ2v) is 7.26. The first-order valence-electron chi connectivity index (χ1n) is 8.11. The number of halogens is 1. The molecule has 0 spiro atoms. The average molecular weight is 377 g/mol.